The van der Waals surface area contributed by atoms with E-state index in [1.54, 1.807) is 25.6 Å². The Hall–Kier alpha value is -1.28. The molecule has 1 aliphatic rings. The quantitative estimate of drug-likeness (QED) is 0.447. The number of rotatable bonds is 10. The van der Waals surface area contributed by atoms with Gasteiger partial charge in [0.25, 0.3) is 0 Å². The number of amides is 2. The van der Waals surface area contributed by atoms with Crippen LogP contribution in [-0.4, -0.2) is 53.5 Å². The number of carboxylic acid groups (broad SMARTS) is 1. The summed E-state index contributed by atoms with van der Waals surface area (Å²) >= 11 is 1.67. The first-order valence-electron chi connectivity index (χ1n) is 9.31. The normalized spacial score (nSPS) is 22.5. The van der Waals surface area contributed by atoms with Crippen LogP contribution in [0, 0.1) is 17.8 Å². The second-order valence-electron chi connectivity index (χ2n) is 7.42. The number of carbonyl (C=O) groups is 3. The van der Waals surface area contributed by atoms with Crippen LogP contribution in [0.4, 0.5) is 0 Å². The standard InChI is InChI=1S/C18H33N3O4S/c1-11(2)15(18(24)25)21-16(22)13-6-4-12(5-7-13)10-20-17(23)14(19)8-9-26-3/h11-15H,4-10,19H2,1-3H3,(H,20,23)(H,21,22)(H,24,25). The lowest BCUT2D eigenvalue weighted by atomic mass is 9.81. The third-order valence-electron chi connectivity index (χ3n) is 4.98. The van der Waals surface area contributed by atoms with E-state index in [-0.39, 0.29) is 23.7 Å². The molecule has 2 unspecified atom stereocenters. The van der Waals surface area contributed by atoms with E-state index >= 15 is 0 Å². The summed E-state index contributed by atoms with van der Waals surface area (Å²) in [5.74, 6) is -0.376. The molecule has 7 nitrogen and oxygen atoms in total. The van der Waals surface area contributed by atoms with E-state index in [1.807, 2.05) is 6.26 Å². The average molecular weight is 388 g/mol. The summed E-state index contributed by atoms with van der Waals surface area (Å²) in [5.41, 5.74) is 5.85. The van der Waals surface area contributed by atoms with Gasteiger partial charge < -0.3 is 21.5 Å². The Labute approximate surface area is 160 Å². The molecular weight excluding hydrogens is 354 g/mol. The fourth-order valence-electron chi connectivity index (χ4n) is 3.17. The average Bonchev–Trinajstić information content (AvgIpc) is 2.61. The van der Waals surface area contributed by atoms with Crippen LogP contribution in [0.3, 0.4) is 0 Å². The highest BCUT2D eigenvalue weighted by atomic mass is 32.2. The second-order valence-corrected chi connectivity index (χ2v) is 8.40. The molecule has 0 aromatic carbocycles. The van der Waals surface area contributed by atoms with E-state index in [4.69, 9.17) is 5.73 Å². The van der Waals surface area contributed by atoms with Gasteiger partial charge in [0.2, 0.25) is 11.8 Å². The van der Waals surface area contributed by atoms with Crippen molar-refractivity contribution in [2.75, 3.05) is 18.6 Å². The number of hydrogen-bond acceptors (Lipinski definition) is 5. The SMILES string of the molecule is CSCCC(N)C(=O)NCC1CCC(C(=O)NC(C(=O)O)C(C)C)CC1. The van der Waals surface area contributed by atoms with Gasteiger partial charge >= 0.3 is 5.97 Å². The van der Waals surface area contributed by atoms with Gasteiger partial charge in [-0.3, -0.25) is 9.59 Å². The predicted octanol–water partition coefficient (Wildman–Crippen LogP) is 1.21. The maximum Gasteiger partial charge on any atom is 0.326 e. The molecule has 1 saturated carbocycles. The fraction of sp³-hybridized carbons (Fsp3) is 0.833. The van der Waals surface area contributed by atoms with E-state index in [2.05, 4.69) is 10.6 Å². The maximum atomic E-state index is 12.3. The molecule has 5 N–H and O–H groups in total. The smallest absolute Gasteiger partial charge is 0.326 e. The summed E-state index contributed by atoms with van der Waals surface area (Å²) in [6.07, 6.45) is 5.78. The minimum atomic E-state index is -0.998. The fourth-order valence-corrected chi connectivity index (χ4v) is 3.66. The number of hydrogen-bond donors (Lipinski definition) is 4. The zero-order valence-electron chi connectivity index (χ0n) is 16.0. The van der Waals surface area contributed by atoms with Crippen molar-refractivity contribution in [1.29, 1.82) is 0 Å². The minimum Gasteiger partial charge on any atom is -0.480 e. The van der Waals surface area contributed by atoms with Gasteiger partial charge in [0, 0.05) is 12.5 Å². The van der Waals surface area contributed by atoms with Crippen molar-refractivity contribution in [3.63, 3.8) is 0 Å². The molecule has 1 rings (SSSR count). The van der Waals surface area contributed by atoms with Crippen LogP contribution in [-0.2, 0) is 14.4 Å². The third-order valence-corrected chi connectivity index (χ3v) is 5.63. The molecule has 2 amide bonds. The Morgan fingerprint density at radius 1 is 1.19 bits per heavy atom. The monoisotopic (exact) mass is 387 g/mol. The van der Waals surface area contributed by atoms with E-state index in [9.17, 15) is 19.5 Å². The Balaban J connectivity index is 2.34. The molecule has 2 atom stereocenters. The van der Waals surface area contributed by atoms with Crippen molar-refractivity contribution in [2.45, 2.75) is 58.0 Å². The molecule has 1 fully saturated rings. The maximum absolute atomic E-state index is 12.3. The van der Waals surface area contributed by atoms with Crippen LogP contribution in [0.5, 0.6) is 0 Å². The zero-order chi connectivity index (χ0) is 19.7. The van der Waals surface area contributed by atoms with Crippen molar-refractivity contribution in [1.82, 2.24) is 10.6 Å². The van der Waals surface area contributed by atoms with Gasteiger partial charge in [-0.25, -0.2) is 4.79 Å². The molecule has 26 heavy (non-hydrogen) atoms. The van der Waals surface area contributed by atoms with Crippen molar-refractivity contribution < 1.29 is 19.5 Å². The number of nitrogens with one attached hydrogen (secondary N) is 2. The van der Waals surface area contributed by atoms with E-state index in [1.165, 1.54) is 0 Å². The molecule has 0 radical (unpaired) electrons. The number of nitrogens with two attached hydrogens (primary N) is 1. The minimum absolute atomic E-state index is 0.111. The summed E-state index contributed by atoms with van der Waals surface area (Å²) in [6, 6.07) is -1.31. The Morgan fingerprint density at radius 3 is 2.31 bits per heavy atom. The van der Waals surface area contributed by atoms with Gasteiger partial charge in [-0.1, -0.05) is 13.8 Å². The number of thioether (sulfide) groups is 1. The molecule has 150 valence electrons. The number of aliphatic carboxylic acids is 1. The van der Waals surface area contributed by atoms with Gasteiger partial charge in [-0.05, 0) is 55.9 Å². The van der Waals surface area contributed by atoms with Crippen LogP contribution in [0.25, 0.3) is 0 Å². The predicted molar refractivity (Wildman–Crippen MR) is 104 cm³/mol. The summed E-state index contributed by atoms with van der Waals surface area (Å²) in [7, 11) is 0. The van der Waals surface area contributed by atoms with Crippen molar-refractivity contribution in [2.24, 2.45) is 23.5 Å². The molecular formula is C18H33N3O4S. The van der Waals surface area contributed by atoms with Gasteiger partial charge in [0.15, 0.2) is 0 Å². The lowest BCUT2D eigenvalue weighted by Crippen LogP contribution is -2.47. The van der Waals surface area contributed by atoms with Crippen LogP contribution in [0.2, 0.25) is 0 Å². The molecule has 0 aliphatic heterocycles. The van der Waals surface area contributed by atoms with Crippen LogP contribution < -0.4 is 16.4 Å². The topological polar surface area (TPSA) is 122 Å². The number of carboxylic acids is 1. The Bertz CT molecular complexity index is 479. The van der Waals surface area contributed by atoms with Gasteiger partial charge in [-0.2, -0.15) is 11.8 Å². The van der Waals surface area contributed by atoms with Gasteiger partial charge in [0.05, 0.1) is 6.04 Å². The van der Waals surface area contributed by atoms with Crippen LogP contribution in [0.15, 0.2) is 0 Å². The van der Waals surface area contributed by atoms with E-state index in [0.29, 0.717) is 18.9 Å². The lowest BCUT2D eigenvalue weighted by molar-refractivity contribution is -0.144. The summed E-state index contributed by atoms with van der Waals surface area (Å²) in [5, 5.41) is 14.8. The summed E-state index contributed by atoms with van der Waals surface area (Å²) in [4.78, 5) is 35.5. The summed E-state index contributed by atoms with van der Waals surface area (Å²) < 4.78 is 0. The molecule has 8 heteroatoms. The molecule has 0 aromatic rings. The van der Waals surface area contributed by atoms with Crippen molar-refractivity contribution in [3.8, 4) is 0 Å². The highest BCUT2D eigenvalue weighted by Crippen LogP contribution is 2.28. The molecule has 1 aliphatic carbocycles. The molecule has 0 saturated heterocycles. The zero-order valence-corrected chi connectivity index (χ0v) is 16.8. The first-order chi connectivity index (χ1) is 12.3. The second kappa shape index (κ2) is 11.4. The van der Waals surface area contributed by atoms with Crippen LogP contribution >= 0.6 is 11.8 Å². The molecule has 0 bridgehead atoms. The van der Waals surface area contributed by atoms with E-state index < -0.39 is 18.1 Å². The largest absolute Gasteiger partial charge is 0.480 e. The number of carbonyl (C=O) groups excluding carboxylic acids is 2. The van der Waals surface area contributed by atoms with Crippen molar-refractivity contribution in [3.05, 3.63) is 0 Å². The van der Waals surface area contributed by atoms with E-state index in [0.717, 1.165) is 31.4 Å². The first kappa shape index (κ1) is 22.8. The van der Waals surface area contributed by atoms with Crippen molar-refractivity contribution >= 4 is 29.5 Å². The Kier molecular flexibility index (Phi) is 10.0. The molecule has 0 aromatic heterocycles. The van der Waals surface area contributed by atoms with Crippen LogP contribution in [0.1, 0.15) is 46.0 Å². The molecule has 0 heterocycles. The highest BCUT2D eigenvalue weighted by molar-refractivity contribution is 7.98. The lowest BCUT2D eigenvalue weighted by Gasteiger charge is -2.29. The molecule has 0 spiro atoms. The Morgan fingerprint density at radius 2 is 1.81 bits per heavy atom. The highest BCUT2D eigenvalue weighted by Gasteiger charge is 2.30. The third kappa shape index (κ3) is 7.53. The summed E-state index contributed by atoms with van der Waals surface area (Å²) in [6.45, 7) is 4.15. The first-order valence-corrected chi connectivity index (χ1v) is 10.7. The van der Waals surface area contributed by atoms with Gasteiger partial charge in [-0.15, -0.1) is 0 Å². The van der Waals surface area contributed by atoms with Gasteiger partial charge in [0.1, 0.15) is 6.04 Å².